The Bertz CT molecular complexity index is 1350. The predicted molar refractivity (Wildman–Crippen MR) is 118 cm³/mol. The average Bonchev–Trinajstić information content (AvgIpc) is 2.99. The number of halogens is 1. The fraction of sp³-hybridized carbons (Fsp3) is 0.318. The maximum atomic E-state index is 14.7. The number of carbonyl (C=O) groups is 3. The SMILES string of the molecule is [2H]C([2H])([2H])Oc1ccc([C@H](CS(C)(=O)=O)N2C(=O)c3c(F)ccc(NC(C)=O)c3C2=O)cc1OCC. The van der Waals surface area contributed by atoms with E-state index in [-0.39, 0.29) is 29.4 Å². The van der Waals surface area contributed by atoms with Gasteiger partial charge in [0.25, 0.3) is 11.8 Å². The summed E-state index contributed by atoms with van der Waals surface area (Å²) in [5.74, 6) is -4.63. The van der Waals surface area contributed by atoms with Crippen LogP contribution in [0.1, 0.15) is 50.3 Å². The number of benzene rings is 2. The monoisotopic (exact) mass is 481 g/mol. The Hall–Kier alpha value is -3.47. The van der Waals surface area contributed by atoms with Gasteiger partial charge in [-0.1, -0.05) is 6.07 Å². The molecule has 0 saturated carbocycles. The summed E-state index contributed by atoms with van der Waals surface area (Å²) in [5.41, 5.74) is -1.01. The largest absolute Gasteiger partial charge is 0.493 e. The molecule has 0 aliphatic carbocycles. The molecule has 1 aliphatic rings. The summed E-state index contributed by atoms with van der Waals surface area (Å²) in [6.07, 6.45) is 0.900. The molecular weight excluding hydrogens is 455 g/mol. The lowest BCUT2D eigenvalue weighted by Crippen LogP contribution is -2.38. The van der Waals surface area contributed by atoms with E-state index in [4.69, 9.17) is 13.6 Å². The van der Waals surface area contributed by atoms with Crippen LogP contribution in [-0.4, -0.2) is 56.7 Å². The fourth-order valence-corrected chi connectivity index (χ4v) is 4.52. The Labute approximate surface area is 194 Å². The predicted octanol–water partition coefficient (Wildman–Crippen LogP) is 2.57. The van der Waals surface area contributed by atoms with Crippen LogP contribution in [0, 0.1) is 5.82 Å². The van der Waals surface area contributed by atoms with Crippen LogP contribution >= 0.6 is 0 Å². The molecule has 2 aromatic carbocycles. The highest BCUT2D eigenvalue weighted by Crippen LogP contribution is 2.39. The molecule has 9 nitrogen and oxygen atoms in total. The molecule has 3 amide bonds. The van der Waals surface area contributed by atoms with E-state index in [1.165, 1.54) is 25.1 Å². The number of carbonyl (C=O) groups excluding carboxylic acids is 3. The van der Waals surface area contributed by atoms with E-state index in [0.29, 0.717) is 4.90 Å². The zero-order valence-electron chi connectivity index (χ0n) is 21.0. The first kappa shape index (κ1) is 20.2. The number of amides is 3. The number of nitrogens with zero attached hydrogens (tertiary/aromatic N) is 1. The highest BCUT2D eigenvalue weighted by Gasteiger charge is 2.45. The first-order valence-electron chi connectivity index (χ1n) is 11.2. The maximum Gasteiger partial charge on any atom is 0.265 e. The number of nitrogens with one attached hydrogen (secondary N) is 1. The van der Waals surface area contributed by atoms with Gasteiger partial charge in [-0.15, -0.1) is 0 Å². The molecule has 11 heteroatoms. The molecule has 0 spiro atoms. The van der Waals surface area contributed by atoms with Crippen molar-refractivity contribution in [3.05, 3.63) is 52.8 Å². The molecule has 0 bridgehead atoms. The van der Waals surface area contributed by atoms with E-state index < -0.39 is 63.3 Å². The Morgan fingerprint density at radius 3 is 2.48 bits per heavy atom. The minimum Gasteiger partial charge on any atom is -0.493 e. The number of imide groups is 1. The van der Waals surface area contributed by atoms with Gasteiger partial charge in [-0.3, -0.25) is 19.3 Å². The van der Waals surface area contributed by atoms with Crippen LogP contribution in [0.25, 0.3) is 0 Å². The van der Waals surface area contributed by atoms with Crippen molar-refractivity contribution in [2.24, 2.45) is 0 Å². The van der Waals surface area contributed by atoms with E-state index in [2.05, 4.69) is 5.32 Å². The van der Waals surface area contributed by atoms with Crippen LogP contribution in [0.2, 0.25) is 0 Å². The minimum absolute atomic E-state index is 0.0636. The molecular formula is C22H23FN2O7S. The molecule has 1 atom stereocenters. The Morgan fingerprint density at radius 1 is 1.18 bits per heavy atom. The lowest BCUT2D eigenvalue weighted by Gasteiger charge is -2.27. The topological polar surface area (TPSA) is 119 Å². The van der Waals surface area contributed by atoms with E-state index in [9.17, 15) is 27.2 Å². The Morgan fingerprint density at radius 2 is 1.88 bits per heavy atom. The van der Waals surface area contributed by atoms with Gasteiger partial charge < -0.3 is 14.8 Å². The third kappa shape index (κ3) is 4.82. The van der Waals surface area contributed by atoms with Gasteiger partial charge in [-0.25, -0.2) is 12.8 Å². The molecule has 1 N–H and O–H groups in total. The zero-order chi connectivity index (χ0) is 27.0. The van der Waals surface area contributed by atoms with E-state index in [1.807, 2.05) is 0 Å². The second-order valence-electron chi connectivity index (χ2n) is 7.36. The molecule has 1 heterocycles. The third-order valence-electron chi connectivity index (χ3n) is 4.87. The molecule has 0 saturated heterocycles. The molecule has 0 radical (unpaired) electrons. The number of hydrogen-bond acceptors (Lipinski definition) is 7. The third-order valence-corrected chi connectivity index (χ3v) is 5.79. The van der Waals surface area contributed by atoms with Crippen molar-refractivity contribution in [2.45, 2.75) is 19.9 Å². The molecule has 3 rings (SSSR count). The first-order valence-corrected chi connectivity index (χ1v) is 11.8. The standard InChI is InChI=1S/C22H23FN2O7S/c1-5-32-18-10-13(6-9-17(18)31-3)16(11-33(4,29)30)25-21(27)19-14(23)7-8-15(24-12(2)26)20(19)22(25)28/h6-10,16H,5,11H2,1-4H3,(H,24,26)/t16-/m0/s1/i3D3. The Balaban J connectivity index is 2.16. The minimum atomic E-state index is -3.82. The lowest BCUT2D eigenvalue weighted by molar-refractivity contribution is -0.114. The summed E-state index contributed by atoms with van der Waals surface area (Å²) >= 11 is 0. The first-order chi connectivity index (χ1) is 16.6. The smallest absolute Gasteiger partial charge is 0.265 e. The number of hydrogen-bond donors (Lipinski definition) is 1. The van der Waals surface area contributed by atoms with Gasteiger partial charge in [-0.2, -0.15) is 0 Å². The Kier molecular flexibility index (Phi) is 5.61. The van der Waals surface area contributed by atoms with E-state index in [0.717, 1.165) is 18.4 Å². The fourth-order valence-electron chi connectivity index (χ4n) is 3.61. The van der Waals surface area contributed by atoms with Crippen molar-refractivity contribution in [1.82, 2.24) is 4.90 Å². The van der Waals surface area contributed by atoms with Crippen LogP contribution in [0.3, 0.4) is 0 Å². The highest BCUT2D eigenvalue weighted by molar-refractivity contribution is 7.90. The number of ether oxygens (including phenoxy) is 2. The molecule has 2 aromatic rings. The van der Waals surface area contributed by atoms with E-state index in [1.54, 1.807) is 6.92 Å². The highest BCUT2D eigenvalue weighted by atomic mass is 32.2. The van der Waals surface area contributed by atoms with Gasteiger partial charge >= 0.3 is 0 Å². The molecule has 0 aromatic heterocycles. The molecule has 1 aliphatic heterocycles. The summed E-state index contributed by atoms with van der Waals surface area (Å²) in [4.78, 5) is 38.8. The van der Waals surface area contributed by atoms with Gasteiger partial charge in [0.05, 0.1) is 46.4 Å². The van der Waals surface area contributed by atoms with Crippen LogP contribution in [-0.2, 0) is 14.6 Å². The van der Waals surface area contributed by atoms with Crippen molar-refractivity contribution < 1.29 is 40.8 Å². The maximum absolute atomic E-state index is 14.7. The lowest BCUT2D eigenvalue weighted by atomic mass is 10.1. The molecule has 33 heavy (non-hydrogen) atoms. The number of anilines is 1. The van der Waals surface area contributed by atoms with Crippen molar-refractivity contribution in [2.75, 3.05) is 31.0 Å². The molecule has 0 fully saturated rings. The second-order valence-corrected chi connectivity index (χ2v) is 9.54. The van der Waals surface area contributed by atoms with Crippen LogP contribution in [0.5, 0.6) is 11.5 Å². The van der Waals surface area contributed by atoms with Crippen LogP contribution < -0.4 is 14.8 Å². The number of methoxy groups -OCH3 is 1. The average molecular weight is 482 g/mol. The van der Waals surface area contributed by atoms with Gasteiger partial charge in [0, 0.05) is 13.2 Å². The normalized spacial score (nSPS) is 15.9. The summed E-state index contributed by atoms with van der Waals surface area (Å²) in [6.45, 7) is 2.88. The molecule has 0 unspecified atom stereocenters. The summed E-state index contributed by atoms with van der Waals surface area (Å²) in [6, 6.07) is 4.37. The number of rotatable bonds is 8. The zero-order valence-corrected chi connectivity index (χ0v) is 18.8. The molecule has 176 valence electrons. The van der Waals surface area contributed by atoms with Crippen molar-refractivity contribution >= 4 is 33.2 Å². The van der Waals surface area contributed by atoms with Crippen molar-refractivity contribution in [3.8, 4) is 11.5 Å². The quantitative estimate of drug-likeness (QED) is 0.576. The summed E-state index contributed by atoms with van der Waals surface area (Å²) in [5, 5.41) is 2.37. The van der Waals surface area contributed by atoms with Crippen LogP contribution in [0.4, 0.5) is 10.1 Å². The van der Waals surface area contributed by atoms with Gasteiger partial charge in [-0.05, 0) is 36.8 Å². The summed E-state index contributed by atoms with van der Waals surface area (Å²) < 4.78 is 71.6. The van der Waals surface area contributed by atoms with E-state index >= 15 is 0 Å². The number of fused-ring (bicyclic) bond motifs is 1. The number of sulfone groups is 1. The second kappa shape index (κ2) is 9.18. The van der Waals surface area contributed by atoms with Crippen molar-refractivity contribution in [3.63, 3.8) is 0 Å². The van der Waals surface area contributed by atoms with Crippen LogP contribution in [0.15, 0.2) is 30.3 Å². The van der Waals surface area contributed by atoms with Gasteiger partial charge in [0.1, 0.15) is 15.7 Å². The van der Waals surface area contributed by atoms with Crippen molar-refractivity contribution in [1.29, 1.82) is 0 Å². The summed E-state index contributed by atoms with van der Waals surface area (Å²) in [7, 11) is -6.62. The van der Waals surface area contributed by atoms with Gasteiger partial charge in [0.2, 0.25) is 5.91 Å². The van der Waals surface area contributed by atoms with Gasteiger partial charge in [0.15, 0.2) is 11.5 Å².